The molecule has 1 saturated carbocycles. The number of carboxylic acid groups (broad SMARTS) is 1. The van der Waals surface area contributed by atoms with Gasteiger partial charge in [-0.1, -0.05) is 12.8 Å². The van der Waals surface area contributed by atoms with Crippen molar-refractivity contribution < 1.29 is 24.2 Å². The molecular formula is C17H23NO5. The lowest BCUT2D eigenvalue weighted by Gasteiger charge is -2.25. The number of benzene rings is 1. The molecule has 0 atom stereocenters. The van der Waals surface area contributed by atoms with E-state index in [0.29, 0.717) is 29.9 Å². The van der Waals surface area contributed by atoms with Gasteiger partial charge in [0.1, 0.15) is 5.54 Å². The second-order valence-corrected chi connectivity index (χ2v) is 6.08. The van der Waals surface area contributed by atoms with Gasteiger partial charge in [-0.15, -0.1) is 0 Å². The molecule has 0 aromatic heterocycles. The summed E-state index contributed by atoms with van der Waals surface area (Å²) >= 11 is 0. The molecule has 6 heteroatoms. The van der Waals surface area contributed by atoms with Crippen molar-refractivity contribution in [2.75, 3.05) is 7.11 Å². The molecule has 6 nitrogen and oxygen atoms in total. The molecule has 0 aliphatic heterocycles. The number of carbonyl (C=O) groups is 2. The molecule has 1 aliphatic rings. The van der Waals surface area contributed by atoms with Crippen LogP contribution in [0.25, 0.3) is 0 Å². The number of nitrogens with one attached hydrogen (secondary N) is 1. The zero-order valence-corrected chi connectivity index (χ0v) is 13.7. The summed E-state index contributed by atoms with van der Waals surface area (Å²) in [4.78, 5) is 24.0. The summed E-state index contributed by atoms with van der Waals surface area (Å²) in [5.74, 6) is -0.395. The van der Waals surface area contributed by atoms with Crippen molar-refractivity contribution in [2.24, 2.45) is 0 Å². The molecule has 1 aromatic rings. The molecule has 0 radical (unpaired) electrons. The van der Waals surface area contributed by atoms with Crippen molar-refractivity contribution in [3.8, 4) is 11.5 Å². The first-order valence-electron chi connectivity index (χ1n) is 7.78. The topological polar surface area (TPSA) is 84.9 Å². The molecule has 1 aromatic carbocycles. The van der Waals surface area contributed by atoms with E-state index < -0.39 is 17.4 Å². The zero-order chi connectivity index (χ0) is 17.0. The maximum Gasteiger partial charge on any atom is 0.329 e. The highest BCUT2D eigenvalue weighted by Gasteiger charge is 2.42. The van der Waals surface area contributed by atoms with Gasteiger partial charge in [0, 0.05) is 5.56 Å². The minimum Gasteiger partial charge on any atom is -0.493 e. The number of aliphatic carboxylic acids is 1. The predicted octanol–water partition coefficient (Wildman–Crippen LogP) is 2.61. The van der Waals surface area contributed by atoms with E-state index in [2.05, 4.69) is 5.32 Å². The summed E-state index contributed by atoms with van der Waals surface area (Å²) in [6, 6.07) is 4.84. The molecule has 0 bridgehead atoms. The minimum atomic E-state index is -1.16. The van der Waals surface area contributed by atoms with Gasteiger partial charge < -0.3 is 19.9 Å². The van der Waals surface area contributed by atoms with Crippen LogP contribution >= 0.6 is 0 Å². The Morgan fingerprint density at radius 3 is 2.39 bits per heavy atom. The Morgan fingerprint density at radius 1 is 1.22 bits per heavy atom. The van der Waals surface area contributed by atoms with Crippen LogP contribution in [0, 0.1) is 0 Å². The van der Waals surface area contributed by atoms with E-state index in [1.165, 1.54) is 7.11 Å². The molecule has 0 spiro atoms. The van der Waals surface area contributed by atoms with Crippen LogP contribution in [0.15, 0.2) is 18.2 Å². The molecule has 0 saturated heterocycles. The van der Waals surface area contributed by atoms with Gasteiger partial charge in [-0.05, 0) is 44.9 Å². The van der Waals surface area contributed by atoms with Crippen molar-refractivity contribution in [3.63, 3.8) is 0 Å². The van der Waals surface area contributed by atoms with Crippen LogP contribution in [0.3, 0.4) is 0 Å². The highest BCUT2D eigenvalue weighted by molar-refractivity contribution is 5.98. The van der Waals surface area contributed by atoms with Gasteiger partial charge in [-0.2, -0.15) is 0 Å². The fraction of sp³-hybridized carbons (Fsp3) is 0.529. The van der Waals surface area contributed by atoms with Crippen molar-refractivity contribution in [1.82, 2.24) is 5.32 Å². The number of carboxylic acids is 1. The SMILES string of the molecule is COc1cc(C(=O)NC2(C(=O)O)CCCC2)ccc1OC(C)C. The van der Waals surface area contributed by atoms with Gasteiger partial charge in [0.2, 0.25) is 0 Å². The molecule has 2 rings (SSSR count). The van der Waals surface area contributed by atoms with Crippen LogP contribution in [0.1, 0.15) is 49.9 Å². The highest BCUT2D eigenvalue weighted by Crippen LogP contribution is 2.32. The van der Waals surface area contributed by atoms with Crippen LogP contribution in [0.2, 0.25) is 0 Å². The molecule has 0 unspecified atom stereocenters. The Balaban J connectivity index is 2.20. The van der Waals surface area contributed by atoms with E-state index in [4.69, 9.17) is 9.47 Å². The smallest absolute Gasteiger partial charge is 0.329 e. The molecule has 1 fully saturated rings. The maximum absolute atomic E-state index is 12.4. The summed E-state index contributed by atoms with van der Waals surface area (Å²) in [7, 11) is 1.50. The minimum absolute atomic E-state index is 0.0163. The second-order valence-electron chi connectivity index (χ2n) is 6.08. The third kappa shape index (κ3) is 3.75. The number of carbonyl (C=O) groups excluding carboxylic acids is 1. The van der Waals surface area contributed by atoms with Crippen LogP contribution in [0.4, 0.5) is 0 Å². The number of amides is 1. The Bertz CT molecular complexity index is 591. The summed E-state index contributed by atoms with van der Waals surface area (Å²) in [5, 5.41) is 12.1. The molecule has 1 amide bonds. The van der Waals surface area contributed by atoms with Gasteiger partial charge in [0.05, 0.1) is 13.2 Å². The first kappa shape index (κ1) is 17.1. The summed E-state index contributed by atoms with van der Waals surface area (Å²) in [6.45, 7) is 3.80. The lowest BCUT2D eigenvalue weighted by Crippen LogP contribution is -2.52. The second kappa shape index (κ2) is 6.89. The Morgan fingerprint density at radius 2 is 1.87 bits per heavy atom. The van der Waals surface area contributed by atoms with E-state index >= 15 is 0 Å². The van der Waals surface area contributed by atoms with Crippen molar-refractivity contribution in [2.45, 2.75) is 51.2 Å². The van der Waals surface area contributed by atoms with E-state index in [1.807, 2.05) is 13.8 Å². The average Bonchev–Trinajstić information content (AvgIpc) is 2.96. The van der Waals surface area contributed by atoms with E-state index in [0.717, 1.165) is 12.8 Å². The van der Waals surface area contributed by atoms with Crippen LogP contribution in [0.5, 0.6) is 11.5 Å². The summed E-state index contributed by atoms with van der Waals surface area (Å²) in [5.41, 5.74) is -0.803. The number of hydrogen-bond acceptors (Lipinski definition) is 4. The lowest BCUT2D eigenvalue weighted by atomic mass is 9.97. The van der Waals surface area contributed by atoms with Crippen molar-refractivity contribution in [1.29, 1.82) is 0 Å². The monoisotopic (exact) mass is 321 g/mol. The molecule has 0 heterocycles. The third-order valence-electron chi connectivity index (χ3n) is 4.01. The fourth-order valence-corrected chi connectivity index (χ4v) is 2.82. The Kier molecular flexibility index (Phi) is 5.13. The molecular weight excluding hydrogens is 298 g/mol. The Labute approximate surface area is 135 Å². The predicted molar refractivity (Wildman–Crippen MR) is 85.1 cm³/mol. The molecule has 1 aliphatic carbocycles. The van der Waals surface area contributed by atoms with E-state index in [-0.39, 0.29) is 6.10 Å². The van der Waals surface area contributed by atoms with E-state index in [9.17, 15) is 14.7 Å². The average molecular weight is 321 g/mol. The quantitative estimate of drug-likeness (QED) is 0.841. The Hall–Kier alpha value is -2.24. The number of ether oxygens (including phenoxy) is 2. The van der Waals surface area contributed by atoms with Crippen molar-refractivity contribution in [3.05, 3.63) is 23.8 Å². The van der Waals surface area contributed by atoms with Crippen molar-refractivity contribution >= 4 is 11.9 Å². The van der Waals surface area contributed by atoms with Gasteiger partial charge in [-0.25, -0.2) is 4.79 Å². The molecule has 23 heavy (non-hydrogen) atoms. The number of hydrogen-bond donors (Lipinski definition) is 2. The van der Waals surface area contributed by atoms with Gasteiger partial charge >= 0.3 is 5.97 Å². The maximum atomic E-state index is 12.4. The van der Waals surface area contributed by atoms with Gasteiger partial charge in [-0.3, -0.25) is 4.79 Å². The van der Waals surface area contributed by atoms with Crippen LogP contribution < -0.4 is 14.8 Å². The van der Waals surface area contributed by atoms with Gasteiger partial charge in [0.15, 0.2) is 11.5 Å². The first-order valence-corrected chi connectivity index (χ1v) is 7.78. The third-order valence-corrected chi connectivity index (χ3v) is 4.01. The largest absolute Gasteiger partial charge is 0.493 e. The summed E-state index contributed by atoms with van der Waals surface area (Å²) in [6.07, 6.45) is 2.51. The van der Waals surface area contributed by atoms with Crippen LogP contribution in [-0.4, -0.2) is 35.7 Å². The fourth-order valence-electron chi connectivity index (χ4n) is 2.82. The number of rotatable bonds is 6. The zero-order valence-electron chi connectivity index (χ0n) is 13.7. The normalized spacial score (nSPS) is 16.2. The molecule has 126 valence electrons. The van der Waals surface area contributed by atoms with Gasteiger partial charge in [0.25, 0.3) is 5.91 Å². The first-order chi connectivity index (χ1) is 10.9. The lowest BCUT2D eigenvalue weighted by molar-refractivity contribution is -0.144. The highest BCUT2D eigenvalue weighted by atomic mass is 16.5. The number of methoxy groups -OCH3 is 1. The molecule has 2 N–H and O–H groups in total. The summed E-state index contributed by atoms with van der Waals surface area (Å²) < 4.78 is 10.9. The standard InChI is InChI=1S/C17H23NO5/c1-11(2)23-13-7-6-12(10-14(13)22-3)15(19)18-17(16(20)21)8-4-5-9-17/h6-7,10-11H,4-5,8-9H2,1-3H3,(H,18,19)(H,20,21). The van der Waals surface area contributed by atoms with Crippen LogP contribution in [-0.2, 0) is 4.79 Å². The van der Waals surface area contributed by atoms with E-state index in [1.54, 1.807) is 18.2 Å².